The Labute approximate surface area is 127 Å². The number of ether oxygens (including phenoxy) is 2. The van der Waals surface area contributed by atoms with Crippen LogP contribution in [0.1, 0.15) is 0 Å². The summed E-state index contributed by atoms with van der Waals surface area (Å²) in [4.78, 5) is 4.84. The SMILES string of the molecule is COc1ccc(OCCN(C)CCN2CCNCC2)cc1. The molecule has 0 unspecified atom stereocenters. The van der Waals surface area contributed by atoms with Crippen LogP contribution in [-0.2, 0) is 0 Å². The van der Waals surface area contributed by atoms with Crippen molar-refractivity contribution in [1.29, 1.82) is 0 Å². The van der Waals surface area contributed by atoms with Gasteiger partial charge in [0, 0.05) is 45.8 Å². The number of benzene rings is 1. The molecule has 21 heavy (non-hydrogen) atoms. The Balaban J connectivity index is 1.58. The third-order valence-electron chi connectivity index (χ3n) is 3.81. The van der Waals surface area contributed by atoms with Gasteiger partial charge in [-0.2, -0.15) is 0 Å². The molecule has 0 radical (unpaired) electrons. The molecule has 0 bridgehead atoms. The minimum atomic E-state index is 0.713. The average Bonchev–Trinajstić information content (AvgIpc) is 2.54. The maximum absolute atomic E-state index is 5.75. The summed E-state index contributed by atoms with van der Waals surface area (Å²) >= 11 is 0. The van der Waals surface area contributed by atoms with Gasteiger partial charge in [0.15, 0.2) is 0 Å². The first-order chi connectivity index (χ1) is 10.3. The van der Waals surface area contributed by atoms with E-state index >= 15 is 0 Å². The monoisotopic (exact) mass is 293 g/mol. The van der Waals surface area contributed by atoms with Crippen molar-refractivity contribution in [2.24, 2.45) is 0 Å². The summed E-state index contributed by atoms with van der Waals surface area (Å²) in [6.45, 7) is 8.44. The summed E-state index contributed by atoms with van der Waals surface area (Å²) in [6, 6.07) is 7.73. The van der Waals surface area contributed by atoms with Gasteiger partial charge in [-0.05, 0) is 31.3 Å². The highest BCUT2D eigenvalue weighted by molar-refractivity contribution is 5.31. The first kappa shape index (κ1) is 16.1. The number of hydrogen-bond donors (Lipinski definition) is 1. The summed E-state index contributed by atoms with van der Waals surface area (Å²) in [5.74, 6) is 1.75. The number of rotatable bonds is 8. The molecular weight excluding hydrogens is 266 g/mol. The predicted octanol–water partition coefficient (Wildman–Crippen LogP) is 0.911. The highest BCUT2D eigenvalue weighted by Crippen LogP contribution is 2.16. The van der Waals surface area contributed by atoms with Crippen molar-refractivity contribution >= 4 is 0 Å². The van der Waals surface area contributed by atoms with E-state index in [0.717, 1.165) is 57.3 Å². The smallest absolute Gasteiger partial charge is 0.119 e. The number of methoxy groups -OCH3 is 1. The fourth-order valence-corrected chi connectivity index (χ4v) is 2.35. The molecule has 1 aliphatic rings. The number of nitrogens with one attached hydrogen (secondary N) is 1. The highest BCUT2D eigenvalue weighted by Gasteiger charge is 2.09. The van der Waals surface area contributed by atoms with E-state index in [4.69, 9.17) is 9.47 Å². The molecule has 5 heteroatoms. The minimum absolute atomic E-state index is 0.713. The molecule has 2 rings (SSSR count). The lowest BCUT2D eigenvalue weighted by atomic mass is 10.3. The van der Waals surface area contributed by atoms with E-state index < -0.39 is 0 Å². The summed E-state index contributed by atoms with van der Waals surface area (Å²) < 4.78 is 10.9. The highest BCUT2D eigenvalue weighted by atomic mass is 16.5. The van der Waals surface area contributed by atoms with Crippen LogP contribution < -0.4 is 14.8 Å². The molecular formula is C16H27N3O2. The largest absolute Gasteiger partial charge is 0.497 e. The van der Waals surface area contributed by atoms with Gasteiger partial charge >= 0.3 is 0 Å². The Morgan fingerprint density at radius 1 is 1.10 bits per heavy atom. The van der Waals surface area contributed by atoms with Gasteiger partial charge < -0.3 is 19.7 Å². The third kappa shape index (κ3) is 5.91. The second-order valence-electron chi connectivity index (χ2n) is 5.42. The lowest BCUT2D eigenvalue weighted by Gasteiger charge is -2.29. The number of likely N-dealkylation sites (N-methyl/N-ethyl adjacent to an activating group) is 1. The lowest BCUT2D eigenvalue weighted by Crippen LogP contribution is -2.46. The van der Waals surface area contributed by atoms with Gasteiger partial charge in [0.1, 0.15) is 18.1 Å². The van der Waals surface area contributed by atoms with Gasteiger partial charge in [-0.25, -0.2) is 0 Å². The quantitative estimate of drug-likeness (QED) is 0.771. The van der Waals surface area contributed by atoms with E-state index in [1.54, 1.807) is 7.11 Å². The second-order valence-corrected chi connectivity index (χ2v) is 5.42. The molecule has 1 heterocycles. The molecule has 1 aliphatic heterocycles. The number of hydrogen-bond acceptors (Lipinski definition) is 5. The van der Waals surface area contributed by atoms with E-state index in [1.807, 2.05) is 24.3 Å². The average molecular weight is 293 g/mol. The molecule has 0 saturated carbocycles. The molecule has 1 N–H and O–H groups in total. The first-order valence-corrected chi connectivity index (χ1v) is 7.66. The maximum atomic E-state index is 5.75. The van der Waals surface area contributed by atoms with Crippen molar-refractivity contribution in [1.82, 2.24) is 15.1 Å². The fourth-order valence-electron chi connectivity index (χ4n) is 2.35. The Hall–Kier alpha value is -1.30. The molecule has 5 nitrogen and oxygen atoms in total. The third-order valence-corrected chi connectivity index (χ3v) is 3.81. The van der Waals surface area contributed by atoms with Gasteiger partial charge in [-0.15, -0.1) is 0 Å². The molecule has 1 aromatic carbocycles. The Kier molecular flexibility index (Phi) is 6.79. The zero-order valence-corrected chi connectivity index (χ0v) is 13.2. The van der Waals surface area contributed by atoms with Gasteiger partial charge in [0.2, 0.25) is 0 Å². The van der Waals surface area contributed by atoms with Crippen molar-refractivity contribution in [3.05, 3.63) is 24.3 Å². The molecule has 1 saturated heterocycles. The Morgan fingerprint density at radius 2 is 1.76 bits per heavy atom. The van der Waals surface area contributed by atoms with E-state index in [1.165, 1.54) is 0 Å². The van der Waals surface area contributed by atoms with Crippen molar-refractivity contribution in [3.8, 4) is 11.5 Å². The zero-order valence-electron chi connectivity index (χ0n) is 13.2. The molecule has 0 amide bonds. The van der Waals surface area contributed by atoms with Crippen LogP contribution in [0.2, 0.25) is 0 Å². The van der Waals surface area contributed by atoms with Crippen LogP contribution in [0.3, 0.4) is 0 Å². The molecule has 1 aromatic rings. The Morgan fingerprint density at radius 3 is 2.43 bits per heavy atom. The minimum Gasteiger partial charge on any atom is -0.497 e. The van der Waals surface area contributed by atoms with Crippen molar-refractivity contribution in [2.75, 3.05) is 66.6 Å². The molecule has 0 spiro atoms. The lowest BCUT2D eigenvalue weighted by molar-refractivity contribution is 0.187. The normalized spacial score (nSPS) is 16.1. The summed E-state index contributed by atoms with van der Waals surface area (Å²) in [6.07, 6.45) is 0. The summed E-state index contributed by atoms with van der Waals surface area (Å²) in [5, 5.41) is 3.38. The maximum Gasteiger partial charge on any atom is 0.119 e. The zero-order chi connectivity index (χ0) is 14.9. The van der Waals surface area contributed by atoms with Crippen LogP contribution in [0.5, 0.6) is 11.5 Å². The Bertz CT molecular complexity index is 391. The predicted molar refractivity (Wildman–Crippen MR) is 85.3 cm³/mol. The van der Waals surface area contributed by atoms with Crippen LogP contribution >= 0.6 is 0 Å². The van der Waals surface area contributed by atoms with Crippen LogP contribution in [0.4, 0.5) is 0 Å². The van der Waals surface area contributed by atoms with Crippen LogP contribution in [0, 0.1) is 0 Å². The molecule has 118 valence electrons. The van der Waals surface area contributed by atoms with Crippen LogP contribution in [-0.4, -0.2) is 76.4 Å². The second kappa shape index (κ2) is 8.87. The van der Waals surface area contributed by atoms with Crippen LogP contribution in [0.15, 0.2) is 24.3 Å². The summed E-state index contributed by atoms with van der Waals surface area (Å²) in [5.41, 5.74) is 0. The van der Waals surface area contributed by atoms with E-state index in [9.17, 15) is 0 Å². The first-order valence-electron chi connectivity index (χ1n) is 7.66. The van der Waals surface area contributed by atoms with Crippen LogP contribution in [0.25, 0.3) is 0 Å². The van der Waals surface area contributed by atoms with Gasteiger partial charge in [0.05, 0.1) is 7.11 Å². The van der Waals surface area contributed by atoms with Gasteiger partial charge in [0.25, 0.3) is 0 Å². The molecule has 0 aliphatic carbocycles. The van der Waals surface area contributed by atoms with E-state index in [0.29, 0.717) is 6.61 Å². The van der Waals surface area contributed by atoms with E-state index in [-0.39, 0.29) is 0 Å². The molecule has 1 fully saturated rings. The standard InChI is InChI=1S/C16H27N3O2/c1-18(11-12-19-9-7-17-8-10-19)13-14-21-16-5-3-15(20-2)4-6-16/h3-6,17H,7-14H2,1-2H3. The number of nitrogens with zero attached hydrogens (tertiary/aromatic N) is 2. The van der Waals surface area contributed by atoms with E-state index in [2.05, 4.69) is 22.2 Å². The topological polar surface area (TPSA) is 37.0 Å². The summed E-state index contributed by atoms with van der Waals surface area (Å²) in [7, 11) is 3.82. The fraction of sp³-hybridized carbons (Fsp3) is 0.625. The van der Waals surface area contributed by atoms with Crippen molar-refractivity contribution in [3.63, 3.8) is 0 Å². The number of piperazine rings is 1. The molecule has 0 aromatic heterocycles. The molecule has 0 atom stereocenters. The van der Waals surface area contributed by atoms with Crippen molar-refractivity contribution < 1.29 is 9.47 Å². The van der Waals surface area contributed by atoms with Gasteiger partial charge in [-0.3, -0.25) is 4.90 Å². The van der Waals surface area contributed by atoms with Crippen molar-refractivity contribution in [2.45, 2.75) is 0 Å². The van der Waals surface area contributed by atoms with Gasteiger partial charge in [-0.1, -0.05) is 0 Å².